The standard InChI is InChI=1S/C11H16N2O2/c1-4-15-11-7-12-6-9(13-11)5-10(14)8(2)3/h6-8H,4-5H2,1-3H3. The molecule has 4 heteroatoms. The fourth-order valence-electron chi connectivity index (χ4n) is 1.07. The summed E-state index contributed by atoms with van der Waals surface area (Å²) >= 11 is 0. The average Bonchev–Trinajstić information content (AvgIpc) is 2.18. The number of aromatic nitrogens is 2. The lowest BCUT2D eigenvalue weighted by molar-refractivity contribution is -0.121. The molecule has 0 aliphatic carbocycles. The summed E-state index contributed by atoms with van der Waals surface area (Å²) in [5, 5.41) is 0. The molecule has 0 saturated carbocycles. The Bertz CT molecular complexity index is 337. The monoisotopic (exact) mass is 208 g/mol. The Morgan fingerprint density at radius 1 is 1.47 bits per heavy atom. The Labute approximate surface area is 89.7 Å². The summed E-state index contributed by atoms with van der Waals surface area (Å²) in [5.74, 6) is 0.673. The van der Waals surface area contributed by atoms with E-state index in [1.807, 2.05) is 20.8 Å². The number of hydrogen-bond donors (Lipinski definition) is 0. The molecule has 0 unspecified atom stereocenters. The molecule has 0 saturated heterocycles. The van der Waals surface area contributed by atoms with Crippen molar-refractivity contribution in [2.75, 3.05) is 6.61 Å². The molecule has 0 atom stereocenters. The lowest BCUT2D eigenvalue weighted by atomic mass is 10.1. The highest BCUT2D eigenvalue weighted by Gasteiger charge is 2.10. The second kappa shape index (κ2) is 5.44. The van der Waals surface area contributed by atoms with Gasteiger partial charge in [-0.15, -0.1) is 0 Å². The number of carbonyl (C=O) groups excluding carboxylic acids is 1. The third-order valence-corrected chi connectivity index (χ3v) is 1.95. The van der Waals surface area contributed by atoms with E-state index in [1.165, 1.54) is 0 Å². The quantitative estimate of drug-likeness (QED) is 0.738. The predicted octanol–water partition coefficient (Wildman–Crippen LogP) is 1.64. The van der Waals surface area contributed by atoms with Gasteiger partial charge in [-0.25, -0.2) is 4.98 Å². The van der Waals surface area contributed by atoms with Crippen molar-refractivity contribution in [3.63, 3.8) is 0 Å². The van der Waals surface area contributed by atoms with Gasteiger partial charge in [0.2, 0.25) is 5.88 Å². The maximum atomic E-state index is 11.5. The van der Waals surface area contributed by atoms with E-state index in [-0.39, 0.29) is 11.7 Å². The molecule has 0 fully saturated rings. The number of Topliss-reactive ketones (excluding diaryl/α,β-unsaturated/α-hetero) is 1. The van der Waals surface area contributed by atoms with Crippen molar-refractivity contribution in [2.45, 2.75) is 27.2 Å². The fourth-order valence-corrected chi connectivity index (χ4v) is 1.07. The lowest BCUT2D eigenvalue weighted by Crippen LogP contribution is -2.11. The van der Waals surface area contributed by atoms with Crippen LogP contribution in [0.2, 0.25) is 0 Å². The van der Waals surface area contributed by atoms with Crippen LogP contribution < -0.4 is 4.74 Å². The van der Waals surface area contributed by atoms with Crippen molar-refractivity contribution in [2.24, 2.45) is 5.92 Å². The molecule has 0 spiro atoms. The van der Waals surface area contributed by atoms with Crippen LogP contribution in [0.1, 0.15) is 26.5 Å². The molecule has 1 heterocycles. The Kier molecular flexibility index (Phi) is 4.21. The number of ether oxygens (including phenoxy) is 1. The molecule has 1 rings (SSSR count). The van der Waals surface area contributed by atoms with Gasteiger partial charge in [-0.1, -0.05) is 13.8 Å². The Morgan fingerprint density at radius 3 is 2.80 bits per heavy atom. The van der Waals surface area contributed by atoms with Crippen LogP contribution in [0.15, 0.2) is 12.4 Å². The summed E-state index contributed by atoms with van der Waals surface area (Å²) in [7, 11) is 0. The van der Waals surface area contributed by atoms with Crippen LogP contribution in [0.5, 0.6) is 5.88 Å². The summed E-state index contributed by atoms with van der Waals surface area (Å²) in [6.07, 6.45) is 3.47. The van der Waals surface area contributed by atoms with Gasteiger partial charge in [0.15, 0.2) is 0 Å². The van der Waals surface area contributed by atoms with E-state index in [2.05, 4.69) is 9.97 Å². The maximum Gasteiger partial charge on any atom is 0.232 e. The zero-order chi connectivity index (χ0) is 11.3. The van der Waals surface area contributed by atoms with Crippen LogP contribution in [0.25, 0.3) is 0 Å². The molecular weight excluding hydrogens is 192 g/mol. The van der Waals surface area contributed by atoms with Gasteiger partial charge in [-0.2, -0.15) is 0 Å². The third kappa shape index (κ3) is 3.65. The average molecular weight is 208 g/mol. The van der Waals surface area contributed by atoms with Gasteiger partial charge in [0.1, 0.15) is 5.78 Å². The molecule has 0 bridgehead atoms. The SMILES string of the molecule is CCOc1cncc(CC(=O)C(C)C)n1. The van der Waals surface area contributed by atoms with E-state index in [1.54, 1.807) is 12.4 Å². The molecule has 0 aliphatic rings. The number of carbonyl (C=O) groups is 1. The predicted molar refractivity (Wildman–Crippen MR) is 56.8 cm³/mol. The first-order valence-electron chi connectivity index (χ1n) is 5.10. The van der Waals surface area contributed by atoms with Crippen LogP contribution >= 0.6 is 0 Å². The summed E-state index contributed by atoms with van der Waals surface area (Å²) in [6, 6.07) is 0. The smallest absolute Gasteiger partial charge is 0.232 e. The topological polar surface area (TPSA) is 52.1 Å². The van der Waals surface area contributed by atoms with E-state index in [4.69, 9.17) is 4.74 Å². The number of ketones is 1. The highest BCUT2D eigenvalue weighted by Crippen LogP contribution is 2.07. The summed E-state index contributed by atoms with van der Waals surface area (Å²) in [5.41, 5.74) is 0.666. The number of hydrogen-bond acceptors (Lipinski definition) is 4. The second-order valence-corrected chi connectivity index (χ2v) is 3.58. The second-order valence-electron chi connectivity index (χ2n) is 3.58. The summed E-state index contributed by atoms with van der Waals surface area (Å²) < 4.78 is 5.20. The van der Waals surface area contributed by atoms with Crippen molar-refractivity contribution in [3.8, 4) is 5.88 Å². The van der Waals surface area contributed by atoms with Crippen molar-refractivity contribution in [3.05, 3.63) is 18.1 Å². The number of nitrogens with zero attached hydrogens (tertiary/aromatic N) is 2. The molecule has 0 aliphatic heterocycles. The Hall–Kier alpha value is -1.45. The maximum absolute atomic E-state index is 11.5. The first-order chi connectivity index (χ1) is 7.13. The molecule has 15 heavy (non-hydrogen) atoms. The van der Waals surface area contributed by atoms with Gasteiger partial charge in [-0.3, -0.25) is 9.78 Å². The van der Waals surface area contributed by atoms with E-state index >= 15 is 0 Å². The van der Waals surface area contributed by atoms with Crippen molar-refractivity contribution < 1.29 is 9.53 Å². The fraction of sp³-hybridized carbons (Fsp3) is 0.545. The minimum atomic E-state index is 0.0301. The zero-order valence-corrected chi connectivity index (χ0v) is 9.36. The van der Waals surface area contributed by atoms with Crippen LogP contribution in [-0.2, 0) is 11.2 Å². The summed E-state index contributed by atoms with van der Waals surface area (Å²) in [4.78, 5) is 19.6. The first-order valence-corrected chi connectivity index (χ1v) is 5.10. The van der Waals surface area contributed by atoms with Gasteiger partial charge >= 0.3 is 0 Å². The lowest BCUT2D eigenvalue weighted by Gasteiger charge is -2.05. The molecule has 1 aromatic heterocycles. The van der Waals surface area contributed by atoms with Crippen molar-refractivity contribution in [1.82, 2.24) is 9.97 Å². The van der Waals surface area contributed by atoms with Gasteiger partial charge in [0.05, 0.1) is 24.9 Å². The molecular formula is C11H16N2O2. The molecule has 0 aromatic carbocycles. The molecule has 1 aromatic rings. The normalized spacial score (nSPS) is 10.4. The minimum absolute atomic E-state index is 0.0301. The summed E-state index contributed by atoms with van der Waals surface area (Å²) in [6.45, 7) is 6.19. The van der Waals surface area contributed by atoms with Gasteiger partial charge in [0.25, 0.3) is 0 Å². The Morgan fingerprint density at radius 2 is 2.20 bits per heavy atom. The Balaban J connectivity index is 2.69. The molecule has 0 radical (unpaired) electrons. The van der Waals surface area contributed by atoms with E-state index in [0.717, 1.165) is 0 Å². The number of rotatable bonds is 5. The minimum Gasteiger partial charge on any atom is -0.477 e. The van der Waals surface area contributed by atoms with E-state index < -0.39 is 0 Å². The van der Waals surface area contributed by atoms with Crippen molar-refractivity contribution in [1.29, 1.82) is 0 Å². The van der Waals surface area contributed by atoms with E-state index in [9.17, 15) is 4.79 Å². The van der Waals surface area contributed by atoms with Crippen molar-refractivity contribution >= 4 is 5.78 Å². The zero-order valence-electron chi connectivity index (χ0n) is 9.36. The highest BCUT2D eigenvalue weighted by molar-refractivity contribution is 5.82. The van der Waals surface area contributed by atoms with Gasteiger partial charge in [-0.05, 0) is 6.92 Å². The third-order valence-electron chi connectivity index (χ3n) is 1.95. The van der Waals surface area contributed by atoms with Crippen LogP contribution in [0.4, 0.5) is 0 Å². The first kappa shape index (κ1) is 11.6. The van der Waals surface area contributed by atoms with Gasteiger partial charge in [0, 0.05) is 12.1 Å². The molecule has 4 nitrogen and oxygen atoms in total. The van der Waals surface area contributed by atoms with Crippen LogP contribution in [0.3, 0.4) is 0 Å². The highest BCUT2D eigenvalue weighted by atomic mass is 16.5. The van der Waals surface area contributed by atoms with Crippen LogP contribution in [-0.4, -0.2) is 22.4 Å². The van der Waals surface area contributed by atoms with Crippen LogP contribution in [0, 0.1) is 5.92 Å². The molecule has 0 N–H and O–H groups in total. The van der Waals surface area contributed by atoms with E-state index in [0.29, 0.717) is 24.6 Å². The largest absolute Gasteiger partial charge is 0.477 e. The molecule has 0 amide bonds. The molecule has 82 valence electrons. The van der Waals surface area contributed by atoms with Gasteiger partial charge < -0.3 is 4.74 Å².